The van der Waals surface area contributed by atoms with Crippen LogP contribution in [0.4, 0.5) is 0 Å². The molecule has 1 saturated carbocycles. The molecule has 2 heterocycles. The lowest BCUT2D eigenvalue weighted by atomic mass is 9.75. The number of hydrogen-bond donors (Lipinski definition) is 3. The number of nitrogens with one attached hydrogen (secondary N) is 2. The second-order valence-corrected chi connectivity index (χ2v) is 6.72. The summed E-state index contributed by atoms with van der Waals surface area (Å²) in [7, 11) is 0. The van der Waals surface area contributed by atoms with Gasteiger partial charge in [-0.25, -0.2) is 4.98 Å². The van der Waals surface area contributed by atoms with E-state index in [9.17, 15) is 9.90 Å². The fourth-order valence-corrected chi connectivity index (χ4v) is 2.95. The highest BCUT2D eigenvalue weighted by molar-refractivity contribution is 5.98. The molecule has 112 valence electrons. The van der Waals surface area contributed by atoms with E-state index in [0.717, 1.165) is 36.6 Å². The largest absolute Gasteiger partial charge is 0.493 e. The fraction of sp³-hybridized carbons (Fsp3) is 0.500. The SMILES string of the molecule is CC1(C)CCC(NC(=O)c2cc3cc(O)ncc3[nH]2)CC1. The highest BCUT2D eigenvalue weighted by Gasteiger charge is 2.27. The maximum Gasteiger partial charge on any atom is 0.267 e. The van der Waals surface area contributed by atoms with Crippen molar-refractivity contribution >= 4 is 16.8 Å². The van der Waals surface area contributed by atoms with E-state index in [1.807, 2.05) is 0 Å². The Bertz CT molecular complexity index is 665. The van der Waals surface area contributed by atoms with E-state index < -0.39 is 0 Å². The summed E-state index contributed by atoms with van der Waals surface area (Å²) in [5.41, 5.74) is 1.66. The molecule has 0 aromatic carbocycles. The molecular weight excluding hydrogens is 266 g/mol. The molecule has 0 atom stereocenters. The zero-order valence-electron chi connectivity index (χ0n) is 12.4. The minimum Gasteiger partial charge on any atom is -0.493 e. The molecule has 0 unspecified atom stereocenters. The van der Waals surface area contributed by atoms with Crippen LogP contribution in [0.25, 0.3) is 10.9 Å². The second-order valence-electron chi connectivity index (χ2n) is 6.72. The van der Waals surface area contributed by atoms with Crippen molar-refractivity contribution in [3.8, 4) is 5.88 Å². The van der Waals surface area contributed by atoms with E-state index in [1.165, 1.54) is 6.20 Å². The molecule has 1 amide bonds. The van der Waals surface area contributed by atoms with Crippen LogP contribution in [-0.2, 0) is 0 Å². The van der Waals surface area contributed by atoms with E-state index in [-0.39, 0.29) is 17.8 Å². The normalized spacial score (nSPS) is 18.8. The Kier molecular flexibility index (Phi) is 3.35. The van der Waals surface area contributed by atoms with Crippen LogP contribution in [0.5, 0.6) is 5.88 Å². The van der Waals surface area contributed by atoms with Gasteiger partial charge in [-0.05, 0) is 37.2 Å². The van der Waals surface area contributed by atoms with Crippen LogP contribution < -0.4 is 5.32 Å². The standard InChI is InChI=1S/C16H21N3O2/c1-16(2)5-3-11(4-6-16)18-15(21)12-7-10-8-14(20)17-9-13(10)19-12/h7-9,11,19H,3-6H2,1-2H3,(H,17,20)(H,18,21). The molecule has 1 fully saturated rings. The molecule has 3 N–H and O–H groups in total. The van der Waals surface area contributed by atoms with Gasteiger partial charge >= 0.3 is 0 Å². The summed E-state index contributed by atoms with van der Waals surface area (Å²) in [5.74, 6) is -0.127. The number of aromatic nitrogens is 2. The van der Waals surface area contributed by atoms with Crippen molar-refractivity contribution < 1.29 is 9.90 Å². The van der Waals surface area contributed by atoms with Gasteiger partial charge in [0.15, 0.2) is 0 Å². The molecule has 21 heavy (non-hydrogen) atoms. The number of amides is 1. The Hall–Kier alpha value is -2.04. The minimum atomic E-state index is -0.0876. The molecule has 0 bridgehead atoms. The van der Waals surface area contributed by atoms with E-state index in [2.05, 4.69) is 29.1 Å². The van der Waals surface area contributed by atoms with Gasteiger partial charge in [-0.15, -0.1) is 0 Å². The molecule has 0 spiro atoms. The number of carbonyl (C=O) groups is 1. The van der Waals surface area contributed by atoms with Crippen LogP contribution in [0.15, 0.2) is 18.3 Å². The number of nitrogens with zero attached hydrogens (tertiary/aromatic N) is 1. The number of aromatic hydroxyl groups is 1. The first-order valence-electron chi connectivity index (χ1n) is 7.42. The van der Waals surface area contributed by atoms with Crippen LogP contribution >= 0.6 is 0 Å². The predicted molar refractivity (Wildman–Crippen MR) is 81.3 cm³/mol. The van der Waals surface area contributed by atoms with Gasteiger partial charge in [-0.1, -0.05) is 13.8 Å². The van der Waals surface area contributed by atoms with E-state index >= 15 is 0 Å². The number of carbonyl (C=O) groups excluding carboxylic acids is 1. The van der Waals surface area contributed by atoms with Gasteiger partial charge in [0, 0.05) is 17.5 Å². The molecule has 0 radical (unpaired) electrons. The quantitative estimate of drug-likeness (QED) is 0.794. The number of hydrogen-bond acceptors (Lipinski definition) is 3. The van der Waals surface area contributed by atoms with Gasteiger partial charge in [-0.3, -0.25) is 4.79 Å². The summed E-state index contributed by atoms with van der Waals surface area (Å²) in [5, 5.41) is 13.2. The summed E-state index contributed by atoms with van der Waals surface area (Å²) >= 11 is 0. The van der Waals surface area contributed by atoms with Gasteiger partial charge in [-0.2, -0.15) is 0 Å². The smallest absolute Gasteiger partial charge is 0.267 e. The third-order valence-electron chi connectivity index (χ3n) is 4.41. The third-order valence-corrected chi connectivity index (χ3v) is 4.41. The number of fused-ring (bicyclic) bond motifs is 1. The first-order valence-corrected chi connectivity index (χ1v) is 7.42. The number of aromatic amines is 1. The Morgan fingerprint density at radius 2 is 2.10 bits per heavy atom. The van der Waals surface area contributed by atoms with Crippen LogP contribution in [0.2, 0.25) is 0 Å². The van der Waals surface area contributed by atoms with E-state index in [0.29, 0.717) is 11.1 Å². The highest BCUT2D eigenvalue weighted by Crippen LogP contribution is 2.35. The fourth-order valence-electron chi connectivity index (χ4n) is 2.95. The molecular formula is C16H21N3O2. The Labute approximate surface area is 123 Å². The molecule has 3 rings (SSSR count). The van der Waals surface area contributed by atoms with Crippen LogP contribution in [0.3, 0.4) is 0 Å². The average Bonchev–Trinajstić information content (AvgIpc) is 2.84. The molecule has 0 aliphatic heterocycles. The summed E-state index contributed by atoms with van der Waals surface area (Å²) in [6.07, 6.45) is 5.87. The predicted octanol–water partition coefficient (Wildman–Crippen LogP) is 2.97. The lowest BCUT2D eigenvalue weighted by Crippen LogP contribution is -2.39. The number of rotatable bonds is 2. The summed E-state index contributed by atoms with van der Waals surface area (Å²) < 4.78 is 0. The van der Waals surface area contributed by atoms with Crippen molar-refractivity contribution in [2.24, 2.45) is 5.41 Å². The zero-order chi connectivity index (χ0) is 15.0. The third kappa shape index (κ3) is 3.01. The van der Waals surface area contributed by atoms with Gasteiger partial charge in [0.1, 0.15) is 5.69 Å². The van der Waals surface area contributed by atoms with Gasteiger partial charge in [0.05, 0.1) is 11.7 Å². The molecule has 5 heteroatoms. The first-order chi connectivity index (χ1) is 9.93. The maximum atomic E-state index is 12.3. The summed E-state index contributed by atoms with van der Waals surface area (Å²) in [6.45, 7) is 4.56. The van der Waals surface area contributed by atoms with Crippen LogP contribution in [0.1, 0.15) is 50.0 Å². The van der Waals surface area contributed by atoms with Crippen molar-refractivity contribution in [3.63, 3.8) is 0 Å². The lowest BCUT2D eigenvalue weighted by molar-refractivity contribution is 0.0905. The average molecular weight is 287 g/mol. The van der Waals surface area contributed by atoms with Crippen molar-refractivity contribution in [2.75, 3.05) is 0 Å². The van der Waals surface area contributed by atoms with Crippen molar-refractivity contribution in [1.29, 1.82) is 0 Å². The molecule has 2 aromatic heterocycles. The zero-order valence-corrected chi connectivity index (χ0v) is 12.4. The number of H-pyrrole nitrogens is 1. The van der Waals surface area contributed by atoms with E-state index in [4.69, 9.17) is 0 Å². The van der Waals surface area contributed by atoms with E-state index in [1.54, 1.807) is 12.1 Å². The van der Waals surface area contributed by atoms with Crippen molar-refractivity contribution in [3.05, 3.63) is 24.0 Å². The van der Waals surface area contributed by atoms with Crippen LogP contribution in [-0.4, -0.2) is 27.0 Å². The summed E-state index contributed by atoms with van der Waals surface area (Å²) in [6, 6.07) is 3.55. The van der Waals surface area contributed by atoms with Crippen LogP contribution in [0, 0.1) is 5.41 Å². The topological polar surface area (TPSA) is 78.0 Å². The minimum absolute atomic E-state index is 0.0389. The maximum absolute atomic E-state index is 12.3. The van der Waals surface area contributed by atoms with Crippen molar-refractivity contribution in [2.45, 2.75) is 45.6 Å². The monoisotopic (exact) mass is 287 g/mol. The highest BCUT2D eigenvalue weighted by atomic mass is 16.3. The van der Waals surface area contributed by atoms with Gasteiger partial charge < -0.3 is 15.4 Å². The summed E-state index contributed by atoms with van der Waals surface area (Å²) in [4.78, 5) is 19.2. The van der Waals surface area contributed by atoms with Crippen molar-refractivity contribution in [1.82, 2.24) is 15.3 Å². The molecule has 5 nitrogen and oxygen atoms in total. The number of pyridine rings is 1. The molecule has 1 aliphatic rings. The molecule has 1 aliphatic carbocycles. The van der Waals surface area contributed by atoms with Gasteiger partial charge in [0.2, 0.25) is 5.88 Å². The lowest BCUT2D eigenvalue weighted by Gasteiger charge is -2.34. The molecule has 0 saturated heterocycles. The Morgan fingerprint density at radius 3 is 2.81 bits per heavy atom. The Morgan fingerprint density at radius 1 is 1.38 bits per heavy atom. The molecule has 2 aromatic rings. The Balaban J connectivity index is 1.69. The van der Waals surface area contributed by atoms with Gasteiger partial charge in [0.25, 0.3) is 5.91 Å². The first kappa shape index (κ1) is 13.9. The second kappa shape index (κ2) is 5.06.